The monoisotopic (exact) mass is 1010 g/mol. The first-order valence-electron chi connectivity index (χ1n) is 25.0. The van der Waals surface area contributed by atoms with Crippen LogP contribution in [0.5, 0.6) is 0 Å². The number of hydrogen-bond donors (Lipinski definition) is 7. The molecule has 392 valence electrons. The molecule has 0 aromatic heterocycles. The Bertz CT molecular complexity index is 1610. The van der Waals surface area contributed by atoms with Gasteiger partial charge in [-0.05, 0) is 77.0 Å². The van der Waals surface area contributed by atoms with Gasteiger partial charge in [-0.3, -0.25) is 23.2 Å². The third kappa shape index (κ3) is 29.8. The molecule has 1 aliphatic carbocycles. The number of aliphatic hydroxyl groups is 4. The Hall–Kier alpha value is -2.34. The van der Waals surface area contributed by atoms with E-state index in [1.54, 1.807) is 0 Å². The van der Waals surface area contributed by atoms with Crippen LogP contribution >= 0.6 is 15.6 Å². The molecule has 2 aliphatic rings. The van der Waals surface area contributed by atoms with Crippen molar-refractivity contribution in [3.8, 4) is 0 Å². The normalized spacial score (nSPS) is 24.7. The minimum atomic E-state index is -5.37. The Morgan fingerprint density at radius 3 is 1.65 bits per heavy atom. The molecule has 2 fully saturated rings. The van der Waals surface area contributed by atoms with E-state index < -0.39 is 83.5 Å². The Kier molecular flexibility index (Phi) is 33.2. The van der Waals surface area contributed by atoms with Crippen LogP contribution in [0.1, 0.15) is 168 Å². The van der Waals surface area contributed by atoms with Crippen molar-refractivity contribution in [1.29, 1.82) is 0 Å². The van der Waals surface area contributed by atoms with Crippen LogP contribution in [0.25, 0.3) is 0 Å². The third-order valence-corrected chi connectivity index (χ3v) is 13.0. The molecule has 1 heterocycles. The summed E-state index contributed by atoms with van der Waals surface area (Å²) in [5.41, 5.74) is 0. The molecule has 1 saturated carbocycles. The van der Waals surface area contributed by atoms with Crippen LogP contribution in [0.15, 0.2) is 60.8 Å². The van der Waals surface area contributed by atoms with Gasteiger partial charge in [-0.1, -0.05) is 139 Å². The fraction of sp³-hybridized carbons (Fsp3) is 0.755. The molecule has 0 radical (unpaired) electrons. The van der Waals surface area contributed by atoms with Gasteiger partial charge in [0.15, 0.2) is 6.10 Å². The van der Waals surface area contributed by atoms with Gasteiger partial charge in [0.05, 0.1) is 18.8 Å². The van der Waals surface area contributed by atoms with Gasteiger partial charge in [-0.15, -0.1) is 0 Å². The average molecular weight is 1010 g/mol. The van der Waals surface area contributed by atoms with Crippen molar-refractivity contribution in [2.75, 3.05) is 13.2 Å². The Labute approximate surface area is 404 Å². The van der Waals surface area contributed by atoms with Crippen LogP contribution in [0, 0.1) is 0 Å². The van der Waals surface area contributed by atoms with Crippen LogP contribution in [0.4, 0.5) is 0 Å². The molecule has 1 aliphatic heterocycles. The zero-order valence-electron chi connectivity index (χ0n) is 40.5. The molecule has 7 N–H and O–H groups in total. The first kappa shape index (κ1) is 61.8. The molecule has 68 heavy (non-hydrogen) atoms. The van der Waals surface area contributed by atoms with E-state index in [1.807, 2.05) is 0 Å². The minimum absolute atomic E-state index is 0.0174. The third-order valence-electron chi connectivity index (χ3n) is 11.5. The summed E-state index contributed by atoms with van der Waals surface area (Å²) in [6, 6.07) is 0. The van der Waals surface area contributed by atoms with Crippen LogP contribution in [-0.4, -0.2) is 115 Å². The Balaban J connectivity index is 1.77. The van der Waals surface area contributed by atoms with Gasteiger partial charge >= 0.3 is 27.6 Å². The lowest BCUT2D eigenvalue weighted by Gasteiger charge is -2.43. The summed E-state index contributed by atoms with van der Waals surface area (Å²) < 4.78 is 55.2. The molecule has 1 saturated heterocycles. The van der Waals surface area contributed by atoms with E-state index in [1.165, 1.54) is 19.3 Å². The largest absolute Gasteiger partial charge is 0.472 e. The van der Waals surface area contributed by atoms with Gasteiger partial charge in [-0.25, -0.2) is 9.13 Å². The predicted octanol–water partition coefficient (Wildman–Crippen LogP) is 8.83. The average Bonchev–Trinajstić information content (AvgIpc) is 4.05. The van der Waals surface area contributed by atoms with Crippen molar-refractivity contribution in [2.24, 2.45) is 0 Å². The maximum Gasteiger partial charge on any atom is 0.472 e. The maximum atomic E-state index is 13.0. The van der Waals surface area contributed by atoms with Gasteiger partial charge in [0.2, 0.25) is 0 Å². The molecular formula is C49H84O17P2. The fourth-order valence-corrected chi connectivity index (χ4v) is 9.09. The molecule has 0 aromatic rings. The first-order chi connectivity index (χ1) is 32.6. The summed E-state index contributed by atoms with van der Waals surface area (Å²) in [5, 5.41) is 41.3. The summed E-state index contributed by atoms with van der Waals surface area (Å²) in [5.74, 6) is -1.25. The van der Waals surface area contributed by atoms with Crippen molar-refractivity contribution in [3.63, 3.8) is 0 Å². The second kappa shape index (κ2) is 36.6. The molecule has 0 spiro atoms. The van der Waals surface area contributed by atoms with E-state index in [4.69, 9.17) is 23.3 Å². The lowest BCUT2D eigenvalue weighted by molar-refractivity contribution is -0.216. The highest BCUT2D eigenvalue weighted by atomic mass is 31.2. The van der Waals surface area contributed by atoms with Crippen molar-refractivity contribution in [2.45, 2.75) is 223 Å². The molecule has 10 atom stereocenters. The van der Waals surface area contributed by atoms with Gasteiger partial charge in [0.25, 0.3) is 0 Å². The van der Waals surface area contributed by atoms with E-state index in [2.05, 4.69) is 79.1 Å². The number of ether oxygens (including phenoxy) is 3. The lowest BCUT2D eigenvalue weighted by atomic mass is 9.85. The number of epoxide rings is 1. The summed E-state index contributed by atoms with van der Waals surface area (Å²) in [6.07, 6.45) is 29.1. The van der Waals surface area contributed by atoms with Crippen molar-refractivity contribution < 1.29 is 81.6 Å². The molecule has 0 bridgehead atoms. The second-order valence-corrected chi connectivity index (χ2v) is 20.1. The molecule has 2 rings (SSSR count). The minimum Gasteiger partial charge on any atom is -0.462 e. The number of phosphoric acid groups is 2. The standard InChI is InChI=1S/C49H84O17P2/c1-3-5-7-8-9-10-11-12-13-14-15-16-17-18-19-20-24-27-31-35-42(50)61-37-39(38-62-68(59,60)66-49-46(54)44(52)45(53)48(47(49)55)65-67(56,57)58)63-43(51)36-32-28-25-22-21-23-26-30-34-41-40(64-41)33-29-6-4-2/h5,7,9-10,12-13,15-16,26,30,39-41,44-49,52-55H,3-4,6,8,11,14,17-25,27-29,31-38H2,1-2H3,(H,59,60)(H2,56,57,58)/b7-5-,10-9-,13-12-,16-15-,30-26-/t39-,40?,41?,44?,45?,46?,47?,48-,49+/m1/s1. The Morgan fingerprint density at radius 2 is 1.07 bits per heavy atom. The maximum absolute atomic E-state index is 13.0. The van der Waals surface area contributed by atoms with Crippen LogP contribution in [0.3, 0.4) is 0 Å². The topological polar surface area (TPSA) is 269 Å². The summed E-state index contributed by atoms with van der Waals surface area (Å²) in [4.78, 5) is 54.4. The highest BCUT2D eigenvalue weighted by Gasteiger charge is 2.54. The van der Waals surface area contributed by atoms with Crippen molar-refractivity contribution >= 4 is 27.6 Å². The van der Waals surface area contributed by atoms with E-state index in [9.17, 15) is 53.8 Å². The number of unbranched alkanes of at least 4 members (excludes halogenated alkanes) is 13. The molecule has 7 unspecified atom stereocenters. The van der Waals surface area contributed by atoms with Crippen molar-refractivity contribution in [3.05, 3.63) is 60.8 Å². The number of allylic oxidation sites excluding steroid dienone is 9. The number of hydrogen-bond acceptors (Lipinski definition) is 14. The van der Waals surface area contributed by atoms with Gasteiger partial charge in [0, 0.05) is 12.8 Å². The fourth-order valence-electron chi connectivity index (χ4n) is 7.55. The Morgan fingerprint density at radius 1 is 0.559 bits per heavy atom. The van der Waals surface area contributed by atoms with Gasteiger partial charge in [-0.2, -0.15) is 0 Å². The highest BCUT2D eigenvalue weighted by Crippen LogP contribution is 2.49. The molecule has 19 heteroatoms. The first-order valence-corrected chi connectivity index (χ1v) is 28.0. The van der Waals surface area contributed by atoms with E-state index >= 15 is 0 Å². The van der Waals surface area contributed by atoms with Crippen LogP contribution in [0.2, 0.25) is 0 Å². The summed E-state index contributed by atoms with van der Waals surface area (Å²) in [6.45, 7) is 2.94. The summed E-state index contributed by atoms with van der Waals surface area (Å²) >= 11 is 0. The van der Waals surface area contributed by atoms with Crippen LogP contribution in [-0.2, 0) is 46.5 Å². The van der Waals surface area contributed by atoms with E-state index in [0.717, 1.165) is 109 Å². The molecule has 0 amide bonds. The second-order valence-electron chi connectivity index (χ2n) is 17.5. The van der Waals surface area contributed by atoms with E-state index in [0.29, 0.717) is 25.0 Å². The predicted molar refractivity (Wildman–Crippen MR) is 259 cm³/mol. The molecule has 0 aromatic carbocycles. The molecular weight excluding hydrogens is 922 g/mol. The van der Waals surface area contributed by atoms with E-state index in [-0.39, 0.29) is 12.8 Å². The van der Waals surface area contributed by atoms with Gasteiger partial charge in [0.1, 0.15) is 43.2 Å². The van der Waals surface area contributed by atoms with Crippen molar-refractivity contribution in [1.82, 2.24) is 0 Å². The number of rotatable bonds is 40. The van der Waals surface area contributed by atoms with Crippen LogP contribution < -0.4 is 0 Å². The lowest BCUT2D eigenvalue weighted by Crippen LogP contribution is -2.64. The zero-order chi connectivity index (χ0) is 50.0. The highest BCUT2D eigenvalue weighted by molar-refractivity contribution is 7.47. The SMILES string of the molecule is CC/C=C\C/C=C\C/C=C\C/C=C\CCCCCCCCC(=O)OC[C@H](COP(=O)(O)O[C@H]1C(O)C(O)C(O)[C@@H](OP(=O)(O)O)C1O)OC(=O)CCCCCCC/C=C\CC1OC1CCCCC. The zero-order valence-corrected chi connectivity index (χ0v) is 42.3. The smallest absolute Gasteiger partial charge is 0.462 e. The number of carbonyl (C=O) groups excluding carboxylic acids is 2. The number of esters is 2. The quantitative estimate of drug-likeness (QED) is 0.00993. The van der Waals surface area contributed by atoms with Gasteiger partial charge < -0.3 is 49.3 Å². The number of carbonyl (C=O) groups is 2. The summed E-state index contributed by atoms with van der Waals surface area (Å²) in [7, 11) is -10.7. The number of aliphatic hydroxyl groups excluding tert-OH is 4. The number of phosphoric ester groups is 2. The molecule has 17 nitrogen and oxygen atoms in total.